The molecule has 1 unspecified atom stereocenters. The maximum atomic E-state index is 10.7. The molecule has 16 heteroatoms. The van der Waals surface area contributed by atoms with E-state index in [1.54, 1.807) is 0 Å². The number of ether oxygens (including phenoxy) is 4. The first-order valence-electron chi connectivity index (χ1n) is 10.6. The van der Waals surface area contributed by atoms with Crippen LogP contribution in [-0.2, 0) is 18.9 Å². The zero-order valence-corrected chi connectivity index (χ0v) is 17.7. The number of hydrogen-bond acceptors (Lipinski definition) is 16. The smallest absolute Gasteiger partial charge is 0.224 e. The maximum absolute atomic E-state index is 10.7. The van der Waals surface area contributed by atoms with Gasteiger partial charge in [0.2, 0.25) is 5.79 Å². The van der Waals surface area contributed by atoms with E-state index >= 15 is 0 Å². The lowest BCUT2D eigenvalue weighted by atomic mass is 9.89. The number of aliphatic hydroxyl groups is 12. The van der Waals surface area contributed by atoms with Crippen LogP contribution >= 0.6 is 0 Å². The predicted octanol–water partition coefficient (Wildman–Crippen LogP) is -8.18. The molecule has 3 aliphatic rings. The summed E-state index contributed by atoms with van der Waals surface area (Å²) in [6.07, 6.45) is -25.5. The third-order valence-corrected chi connectivity index (χ3v) is 6.43. The van der Waals surface area contributed by atoms with Gasteiger partial charge in [0, 0.05) is 0 Å². The van der Waals surface area contributed by atoms with Gasteiger partial charge in [-0.3, -0.25) is 0 Å². The lowest BCUT2D eigenvalue weighted by Crippen LogP contribution is -2.64. The van der Waals surface area contributed by atoms with Crippen LogP contribution in [0.5, 0.6) is 0 Å². The summed E-state index contributed by atoms with van der Waals surface area (Å²) >= 11 is 0. The van der Waals surface area contributed by atoms with Crippen molar-refractivity contribution in [3.63, 3.8) is 0 Å². The molecule has 0 aromatic carbocycles. The van der Waals surface area contributed by atoms with Crippen LogP contribution in [0.3, 0.4) is 0 Å². The predicted molar refractivity (Wildman–Crippen MR) is 101 cm³/mol. The van der Waals surface area contributed by atoms with Gasteiger partial charge in [-0.25, -0.2) is 0 Å². The first-order chi connectivity index (χ1) is 15.9. The zero-order valence-electron chi connectivity index (χ0n) is 17.7. The van der Waals surface area contributed by atoms with Crippen LogP contribution < -0.4 is 0 Å². The Morgan fingerprint density at radius 3 is 1.71 bits per heavy atom. The zero-order chi connectivity index (χ0) is 25.5. The minimum absolute atomic E-state index is 0.800. The van der Waals surface area contributed by atoms with E-state index in [2.05, 4.69) is 0 Å². The largest absolute Gasteiger partial charge is 0.394 e. The highest BCUT2D eigenvalue weighted by Gasteiger charge is 2.62. The molecule has 15 atom stereocenters. The van der Waals surface area contributed by atoms with Gasteiger partial charge in [-0.1, -0.05) is 0 Å². The minimum Gasteiger partial charge on any atom is -0.394 e. The van der Waals surface area contributed by atoms with Crippen molar-refractivity contribution in [2.75, 3.05) is 19.8 Å². The Balaban J connectivity index is 1.80. The molecule has 3 heterocycles. The van der Waals surface area contributed by atoms with Crippen molar-refractivity contribution < 1.29 is 80.2 Å². The average Bonchev–Trinajstić information content (AvgIpc) is 3.08. The first kappa shape index (κ1) is 27.9. The molecule has 12 N–H and O–H groups in total. The molecular formula is C18H32O16. The Labute approximate surface area is 192 Å². The molecule has 3 fully saturated rings. The highest BCUT2D eigenvalue weighted by atomic mass is 16.8. The average molecular weight is 504 g/mol. The summed E-state index contributed by atoms with van der Waals surface area (Å²) in [7, 11) is 0. The lowest BCUT2D eigenvalue weighted by molar-refractivity contribution is -0.386. The summed E-state index contributed by atoms with van der Waals surface area (Å²) in [6, 6.07) is 0. The van der Waals surface area contributed by atoms with E-state index in [0.717, 1.165) is 0 Å². The fraction of sp³-hybridized carbons (Fsp3) is 1.00. The maximum Gasteiger partial charge on any atom is 0.224 e. The number of hydrogen-bond donors (Lipinski definition) is 12. The molecule has 0 saturated carbocycles. The molecule has 3 rings (SSSR count). The van der Waals surface area contributed by atoms with Crippen molar-refractivity contribution in [1.82, 2.24) is 0 Å². The molecule has 0 aromatic rings. The molecule has 0 spiro atoms. The van der Waals surface area contributed by atoms with Crippen molar-refractivity contribution in [3.05, 3.63) is 0 Å². The minimum atomic E-state index is -2.58. The van der Waals surface area contributed by atoms with Crippen LogP contribution in [0.25, 0.3) is 0 Å². The lowest BCUT2D eigenvalue weighted by Gasteiger charge is -2.44. The van der Waals surface area contributed by atoms with Gasteiger partial charge in [0.25, 0.3) is 0 Å². The molecule has 0 bridgehead atoms. The van der Waals surface area contributed by atoms with Crippen molar-refractivity contribution in [2.45, 2.75) is 91.4 Å². The van der Waals surface area contributed by atoms with E-state index in [1.807, 2.05) is 0 Å². The quantitative estimate of drug-likeness (QED) is 0.153. The highest BCUT2D eigenvalue weighted by Crippen LogP contribution is 2.39. The Morgan fingerprint density at radius 2 is 1.18 bits per heavy atom. The van der Waals surface area contributed by atoms with Gasteiger partial charge in [-0.05, 0) is 0 Å². The van der Waals surface area contributed by atoms with Gasteiger partial charge in [-0.2, -0.15) is 0 Å². The Hall–Kier alpha value is -0.640. The van der Waals surface area contributed by atoms with Gasteiger partial charge < -0.3 is 80.2 Å². The van der Waals surface area contributed by atoms with Crippen molar-refractivity contribution in [3.8, 4) is 0 Å². The Morgan fingerprint density at radius 1 is 0.647 bits per heavy atom. The SMILES string of the molecule is OC[C@H]1O[C@H](O[C@]2(CO)O[C@H](C(O)[C@H]3O[C@H](CO)[C@@H](O)[C@H](O)[C@H]3O)[C@@H](O)[C@@H]2O)[C@H](O)[C@@H](O)[C@H]1O. The van der Waals surface area contributed by atoms with Crippen LogP contribution in [-0.4, -0.2) is 173 Å². The Bertz CT molecular complexity index is 666. The summed E-state index contributed by atoms with van der Waals surface area (Å²) in [5.74, 6) is -2.58. The molecule has 0 radical (unpaired) electrons. The second-order valence-corrected chi connectivity index (χ2v) is 8.59. The van der Waals surface area contributed by atoms with Crippen molar-refractivity contribution >= 4 is 0 Å². The van der Waals surface area contributed by atoms with E-state index in [9.17, 15) is 61.3 Å². The fourth-order valence-corrected chi connectivity index (χ4v) is 4.31. The van der Waals surface area contributed by atoms with E-state index < -0.39 is 111 Å². The van der Waals surface area contributed by atoms with Crippen LogP contribution in [0, 0.1) is 0 Å². The molecule has 0 aliphatic carbocycles. The molecular weight excluding hydrogens is 472 g/mol. The molecule has 200 valence electrons. The van der Waals surface area contributed by atoms with Gasteiger partial charge in [-0.15, -0.1) is 0 Å². The second kappa shape index (κ2) is 10.8. The van der Waals surface area contributed by atoms with Crippen LogP contribution in [0.2, 0.25) is 0 Å². The summed E-state index contributed by atoms with van der Waals surface area (Å²) in [5, 5.41) is 120. The van der Waals surface area contributed by atoms with Gasteiger partial charge in [0.05, 0.1) is 13.2 Å². The van der Waals surface area contributed by atoms with Gasteiger partial charge >= 0.3 is 0 Å². The molecule has 34 heavy (non-hydrogen) atoms. The topological polar surface area (TPSA) is 280 Å². The van der Waals surface area contributed by atoms with Gasteiger partial charge in [0.15, 0.2) is 6.29 Å². The van der Waals surface area contributed by atoms with Crippen molar-refractivity contribution in [2.24, 2.45) is 0 Å². The number of rotatable bonds is 7. The second-order valence-electron chi connectivity index (χ2n) is 8.59. The van der Waals surface area contributed by atoms with Crippen molar-refractivity contribution in [1.29, 1.82) is 0 Å². The summed E-state index contributed by atoms with van der Waals surface area (Å²) in [6.45, 7) is -2.80. The van der Waals surface area contributed by atoms with E-state index in [4.69, 9.17) is 18.9 Å². The highest BCUT2D eigenvalue weighted by molar-refractivity contribution is 5.05. The Kier molecular flexibility index (Phi) is 8.85. The molecule has 3 aliphatic heterocycles. The normalized spacial score (nSPS) is 53.1. The molecule has 0 amide bonds. The third kappa shape index (κ3) is 4.71. The van der Waals surface area contributed by atoms with E-state index in [-0.39, 0.29) is 0 Å². The van der Waals surface area contributed by atoms with E-state index in [1.165, 1.54) is 0 Å². The summed E-state index contributed by atoms with van der Waals surface area (Å²) < 4.78 is 21.1. The molecule has 3 saturated heterocycles. The van der Waals surface area contributed by atoms with Crippen LogP contribution in [0.15, 0.2) is 0 Å². The van der Waals surface area contributed by atoms with Gasteiger partial charge in [0.1, 0.15) is 86.0 Å². The van der Waals surface area contributed by atoms with Crippen LogP contribution in [0.1, 0.15) is 0 Å². The standard InChI is InChI=1S/C18H32O16/c19-1-4-6(22)8(24)10(26)14(31-4)12(28)15-13(29)16(30)18(3-21,33-15)34-17-11(27)9(25)7(23)5(2-20)32-17/h4-17,19-30H,1-3H2/t4-,5-,6-,7+,8+,9+,10-,11-,12?,13-,14+,15-,16+,17-,18+/m1/s1. The van der Waals surface area contributed by atoms with E-state index in [0.29, 0.717) is 0 Å². The summed E-state index contributed by atoms with van der Waals surface area (Å²) in [5.41, 5.74) is 0. The summed E-state index contributed by atoms with van der Waals surface area (Å²) in [4.78, 5) is 0. The first-order valence-corrected chi connectivity index (χ1v) is 10.6. The monoisotopic (exact) mass is 504 g/mol. The fourth-order valence-electron chi connectivity index (χ4n) is 4.31. The molecule has 16 nitrogen and oxygen atoms in total. The molecule has 0 aromatic heterocycles. The third-order valence-electron chi connectivity index (χ3n) is 6.43. The number of aliphatic hydroxyl groups excluding tert-OH is 12. The van der Waals surface area contributed by atoms with Crippen LogP contribution in [0.4, 0.5) is 0 Å².